The summed E-state index contributed by atoms with van der Waals surface area (Å²) in [6.45, 7) is 6.79. The number of hydrogen-bond acceptors (Lipinski definition) is 7. The van der Waals surface area contributed by atoms with Crippen molar-refractivity contribution in [2.75, 3.05) is 40.9 Å². The molecule has 0 saturated heterocycles. The maximum Gasteiger partial charge on any atom is 0.306 e. The summed E-state index contributed by atoms with van der Waals surface area (Å²) in [6.07, 6.45) is 90.3. The Kier molecular flexibility index (Phi) is 66.4. The lowest BCUT2D eigenvalue weighted by molar-refractivity contribution is -0.870. The largest absolute Gasteiger partial charge is 0.756 e. The molecule has 0 radical (unpaired) electrons. The van der Waals surface area contributed by atoms with E-state index in [9.17, 15) is 19.0 Å². The van der Waals surface area contributed by atoms with E-state index in [1.165, 1.54) is 238 Å². The smallest absolute Gasteiger partial charge is 0.306 e. The Bertz CT molecular complexity index is 1750. The zero-order chi connectivity index (χ0) is 64.9. The van der Waals surface area contributed by atoms with Crippen molar-refractivity contribution >= 4 is 19.7 Å². The number of unbranched alkanes of at least 4 members (excludes halogenated alkanes) is 44. The number of carbonyl (C=O) groups excluding carboxylic acids is 2. The van der Waals surface area contributed by atoms with E-state index in [1.54, 1.807) is 0 Å². The number of ether oxygens (including phenoxy) is 1. The summed E-state index contributed by atoms with van der Waals surface area (Å²) >= 11 is 0. The molecule has 10 heteroatoms. The maximum atomic E-state index is 13.6. The first-order valence-corrected chi connectivity index (χ1v) is 39.7. The maximum absolute atomic E-state index is 13.6. The molecule has 1 N–H and O–H groups in total. The summed E-state index contributed by atoms with van der Waals surface area (Å²) in [7, 11) is 1.19. The minimum atomic E-state index is -4.71. The van der Waals surface area contributed by atoms with E-state index in [2.05, 4.69) is 86.8 Å². The third-order valence-corrected chi connectivity index (χ3v) is 18.1. The number of rotatable bonds is 70. The topological polar surface area (TPSA) is 114 Å². The van der Waals surface area contributed by atoms with Crippen LogP contribution in [0.1, 0.15) is 367 Å². The molecule has 0 saturated carbocycles. The Morgan fingerprint density at radius 3 is 1.08 bits per heavy atom. The van der Waals surface area contributed by atoms with E-state index in [0.717, 1.165) is 96.3 Å². The highest BCUT2D eigenvalue weighted by Gasteiger charge is 2.27. The fourth-order valence-electron chi connectivity index (χ4n) is 11.3. The average Bonchev–Trinajstić information content (AvgIpc) is 3.65. The van der Waals surface area contributed by atoms with E-state index in [0.29, 0.717) is 17.4 Å². The van der Waals surface area contributed by atoms with Gasteiger partial charge in [0.2, 0.25) is 5.91 Å². The van der Waals surface area contributed by atoms with Crippen LogP contribution in [0, 0.1) is 0 Å². The Morgan fingerprint density at radius 2 is 0.719 bits per heavy atom. The van der Waals surface area contributed by atoms with Crippen molar-refractivity contribution in [3.8, 4) is 0 Å². The highest BCUT2D eigenvalue weighted by atomic mass is 31.2. The highest BCUT2D eigenvalue weighted by Crippen LogP contribution is 2.38. The number of nitrogens with zero attached hydrogens (tertiary/aromatic N) is 1. The van der Waals surface area contributed by atoms with Gasteiger partial charge >= 0.3 is 5.97 Å². The molecular weight excluding hydrogens is 1120 g/mol. The molecular formula is C79H147N2O7P. The molecule has 0 aromatic rings. The van der Waals surface area contributed by atoms with Crippen LogP contribution in [0.4, 0.5) is 0 Å². The number of amides is 1. The van der Waals surface area contributed by atoms with Crippen LogP contribution in [0.15, 0.2) is 72.9 Å². The molecule has 0 fully saturated rings. The molecule has 3 atom stereocenters. The van der Waals surface area contributed by atoms with Gasteiger partial charge in [-0.05, 0) is 76.7 Å². The van der Waals surface area contributed by atoms with E-state index in [4.69, 9.17) is 13.8 Å². The van der Waals surface area contributed by atoms with Crippen LogP contribution in [0.3, 0.4) is 0 Å². The van der Waals surface area contributed by atoms with E-state index < -0.39 is 20.0 Å². The normalized spacial score (nSPS) is 13.8. The lowest BCUT2D eigenvalue weighted by Crippen LogP contribution is -2.47. The summed E-state index contributed by atoms with van der Waals surface area (Å²) in [6, 6.07) is -0.892. The van der Waals surface area contributed by atoms with Crippen molar-refractivity contribution in [3.63, 3.8) is 0 Å². The number of phosphoric ester groups is 1. The zero-order valence-electron chi connectivity index (χ0n) is 59.6. The van der Waals surface area contributed by atoms with Crippen molar-refractivity contribution < 1.29 is 37.3 Å². The minimum absolute atomic E-state index is 0.0227. The van der Waals surface area contributed by atoms with E-state index >= 15 is 0 Å². The summed E-state index contributed by atoms with van der Waals surface area (Å²) in [5.74, 6) is -0.528. The number of allylic oxidation sites excluding steroid dienone is 11. The van der Waals surface area contributed by atoms with Gasteiger partial charge < -0.3 is 28.5 Å². The van der Waals surface area contributed by atoms with Crippen LogP contribution in [0.25, 0.3) is 0 Å². The lowest BCUT2D eigenvalue weighted by Gasteiger charge is -2.30. The molecule has 0 aromatic heterocycles. The van der Waals surface area contributed by atoms with Gasteiger partial charge in [-0.1, -0.05) is 351 Å². The number of likely N-dealkylation sites (N-methyl/N-ethyl adjacent to an activating group) is 1. The van der Waals surface area contributed by atoms with Crippen molar-refractivity contribution in [2.24, 2.45) is 0 Å². The van der Waals surface area contributed by atoms with Crippen LogP contribution in [0.2, 0.25) is 0 Å². The summed E-state index contributed by atoms with van der Waals surface area (Å²) in [5, 5.41) is 3.05. The molecule has 0 spiro atoms. The Balaban J connectivity index is 5.01. The number of esters is 1. The number of phosphoric acid groups is 1. The van der Waals surface area contributed by atoms with Gasteiger partial charge in [-0.2, -0.15) is 0 Å². The predicted octanol–water partition coefficient (Wildman–Crippen LogP) is 24.1. The molecule has 0 bridgehead atoms. The average molecular weight is 1270 g/mol. The van der Waals surface area contributed by atoms with Crippen molar-refractivity contribution in [2.45, 2.75) is 380 Å². The first-order valence-electron chi connectivity index (χ1n) is 38.2. The van der Waals surface area contributed by atoms with Crippen LogP contribution in [-0.4, -0.2) is 69.4 Å². The summed E-state index contributed by atoms with van der Waals surface area (Å²) < 4.78 is 30.5. The Labute approximate surface area is 553 Å². The molecule has 0 aliphatic carbocycles. The molecule has 1 amide bonds. The molecule has 0 aromatic carbocycles. The molecule has 520 valence electrons. The van der Waals surface area contributed by atoms with Gasteiger partial charge in [0.25, 0.3) is 7.82 Å². The third-order valence-electron chi connectivity index (χ3n) is 17.2. The van der Waals surface area contributed by atoms with Crippen molar-refractivity contribution in [1.82, 2.24) is 5.32 Å². The molecule has 9 nitrogen and oxygen atoms in total. The minimum Gasteiger partial charge on any atom is -0.756 e. The van der Waals surface area contributed by atoms with Gasteiger partial charge in [0.15, 0.2) is 0 Å². The van der Waals surface area contributed by atoms with Crippen LogP contribution in [0.5, 0.6) is 0 Å². The number of quaternary nitrogens is 1. The van der Waals surface area contributed by atoms with Gasteiger partial charge in [-0.25, -0.2) is 0 Å². The lowest BCUT2D eigenvalue weighted by atomic mass is 10.0. The predicted molar refractivity (Wildman–Crippen MR) is 385 cm³/mol. The molecule has 0 rings (SSSR count). The summed E-state index contributed by atoms with van der Waals surface area (Å²) in [5.41, 5.74) is 0. The molecule has 3 unspecified atom stereocenters. The van der Waals surface area contributed by atoms with Crippen molar-refractivity contribution in [3.05, 3.63) is 72.9 Å². The van der Waals surface area contributed by atoms with Gasteiger partial charge in [-0.15, -0.1) is 0 Å². The second-order valence-electron chi connectivity index (χ2n) is 27.1. The van der Waals surface area contributed by atoms with Gasteiger partial charge in [0, 0.05) is 12.8 Å². The fourth-order valence-corrected chi connectivity index (χ4v) is 12.0. The second kappa shape index (κ2) is 68.3. The second-order valence-corrected chi connectivity index (χ2v) is 28.5. The molecule has 0 heterocycles. The van der Waals surface area contributed by atoms with E-state index in [-0.39, 0.29) is 31.5 Å². The third kappa shape index (κ3) is 69.6. The SMILES string of the molecule is CC/C=C\C/C=C\C/C=C\C/C=C\C/C=C\CCCCCCCCCCCCCC(=O)NC(COP(=O)([O-])OCC[N+](C)(C)C)C(/C=C/CCCCCCCCCCCCC)OC(=O)CCCCCCCCCCCCCCCCCCCCCCCCC. The van der Waals surface area contributed by atoms with Crippen LogP contribution in [-0.2, 0) is 27.9 Å². The van der Waals surface area contributed by atoms with Gasteiger partial charge in [-0.3, -0.25) is 14.2 Å². The Hall–Kier alpha value is -2.55. The number of nitrogens with one attached hydrogen (secondary N) is 1. The Morgan fingerprint density at radius 1 is 0.404 bits per heavy atom. The first kappa shape index (κ1) is 86.5. The molecule has 0 aliphatic heterocycles. The zero-order valence-corrected chi connectivity index (χ0v) is 60.5. The monoisotopic (exact) mass is 1270 g/mol. The quantitative estimate of drug-likeness (QED) is 0.0212. The summed E-state index contributed by atoms with van der Waals surface area (Å²) in [4.78, 5) is 40.3. The van der Waals surface area contributed by atoms with E-state index in [1.807, 2.05) is 33.3 Å². The number of hydrogen-bond donors (Lipinski definition) is 1. The van der Waals surface area contributed by atoms with Crippen LogP contribution < -0.4 is 10.2 Å². The first-order chi connectivity index (χ1) is 43.4. The molecule has 89 heavy (non-hydrogen) atoms. The molecule has 0 aliphatic rings. The highest BCUT2D eigenvalue weighted by molar-refractivity contribution is 7.45. The van der Waals surface area contributed by atoms with Crippen LogP contribution >= 0.6 is 7.82 Å². The fraction of sp³-hybridized carbons (Fsp3) is 0.823. The standard InChI is InChI=1S/C79H147N2O7P/c1-7-10-13-16-19-22-25-28-30-32-34-36-38-39-40-41-43-44-46-48-50-53-56-59-62-65-68-71-78(82)80-76(75-87-89(84,85)86-74-73-81(4,5)6)77(70-67-64-61-58-55-52-27-24-21-18-15-12-9-3)88-79(83)72-69-66-63-60-57-54-51-49-47-45-42-37-35-33-31-29-26-23-20-17-14-11-8-2/h10,13,19,22,28,30,34,36,39-40,67,70,76-77H,7-9,11-12,14-18,20-21,23-27,29,31-33,35,37-38,41-66,68-69,71-75H2,1-6H3,(H-,80,82,84,85)/b13-10-,22-19-,30-28-,36-34-,40-39-,70-67+. The van der Waals surface area contributed by atoms with Gasteiger partial charge in [0.1, 0.15) is 19.3 Å². The van der Waals surface area contributed by atoms with Crippen molar-refractivity contribution in [1.29, 1.82) is 0 Å². The van der Waals surface area contributed by atoms with Gasteiger partial charge in [0.05, 0.1) is 33.8 Å². The number of carbonyl (C=O) groups is 2.